The molecule has 2 rings (SSSR count). The van der Waals surface area contributed by atoms with E-state index >= 15 is 0 Å². The molecule has 112 valence electrons. The van der Waals surface area contributed by atoms with Crippen molar-refractivity contribution in [3.63, 3.8) is 0 Å². The molecule has 0 aliphatic heterocycles. The SMILES string of the molecule is CCCCCc1nnc(NC(=O)CC2CCCCC2)s1. The van der Waals surface area contributed by atoms with Crippen LogP contribution in [0.15, 0.2) is 0 Å². The fourth-order valence-electron chi connectivity index (χ4n) is 2.76. The van der Waals surface area contributed by atoms with Gasteiger partial charge in [-0.15, -0.1) is 10.2 Å². The third-order valence-corrected chi connectivity index (χ3v) is 4.80. The Morgan fingerprint density at radius 3 is 2.80 bits per heavy atom. The monoisotopic (exact) mass is 295 g/mol. The summed E-state index contributed by atoms with van der Waals surface area (Å²) in [4.78, 5) is 12.0. The fraction of sp³-hybridized carbons (Fsp3) is 0.800. The number of carbonyl (C=O) groups is 1. The van der Waals surface area contributed by atoms with Gasteiger partial charge in [-0.3, -0.25) is 4.79 Å². The number of carbonyl (C=O) groups excluding carboxylic acids is 1. The number of nitrogens with one attached hydrogen (secondary N) is 1. The van der Waals surface area contributed by atoms with Crippen molar-refractivity contribution in [3.05, 3.63) is 5.01 Å². The Morgan fingerprint density at radius 1 is 1.25 bits per heavy atom. The molecule has 0 unspecified atom stereocenters. The minimum Gasteiger partial charge on any atom is -0.301 e. The molecule has 1 fully saturated rings. The highest BCUT2D eigenvalue weighted by molar-refractivity contribution is 7.15. The number of aromatic nitrogens is 2. The van der Waals surface area contributed by atoms with Gasteiger partial charge in [-0.05, 0) is 25.2 Å². The van der Waals surface area contributed by atoms with Crippen molar-refractivity contribution in [2.24, 2.45) is 5.92 Å². The standard InChI is InChI=1S/C15H25N3OS/c1-2-3-5-10-14-17-18-15(20-14)16-13(19)11-12-8-6-4-7-9-12/h12H,2-11H2,1H3,(H,16,18,19). The molecule has 1 aliphatic carbocycles. The van der Waals surface area contributed by atoms with Crippen LogP contribution >= 0.6 is 11.3 Å². The molecule has 1 amide bonds. The van der Waals surface area contributed by atoms with E-state index in [2.05, 4.69) is 22.4 Å². The van der Waals surface area contributed by atoms with Crippen molar-refractivity contribution in [1.29, 1.82) is 0 Å². The third-order valence-electron chi connectivity index (χ3n) is 3.91. The van der Waals surface area contributed by atoms with Crippen LogP contribution in [0.3, 0.4) is 0 Å². The van der Waals surface area contributed by atoms with Crippen molar-refractivity contribution < 1.29 is 4.79 Å². The Bertz CT molecular complexity index is 413. The number of anilines is 1. The third kappa shape index (κ3) is 5.19. The maximum absolute atomic E-state index is 12.0. The summed E-state index contributed by atoms with van der Waals surface area (Å²) in [6.07, 6.45) is 11.5. The first-order valence-corrected chi connectivity index (χ1v) is 8.72. The molecule has 1 aromatic rings. The molecule has 0 atom stereocenters. The molecular formula is C15H25N3OS. The van der Waals surface area contributed by atoms with Gasteiger partial charge < -0.3 is 5.32 Å². The lowest BCUT2D eigenvalue weighted by Gasteiger charge is -2.20. The lowest BCUT2D eigenvalue weighted by atomic mass is 9.87. The lowest BCUT2D eigenvalue weighted by molar-refractivity contribution is -0.117. The van der Waals surface area contributed by atoms with E-state index in [0.29, 0.717) is 17.5 Å². The van der Waals surface area contributed by atoms with Crippen LogP contribution in [0.25, 0.3) is 0 Å². The van der Waals surface area contributed by atoms with Crippen LogP contribution in [-0.2, 0) is 11.2 Å². The van der Waals surface area contributed by atoms with Gasteiger partial charge in [-0.1, -0.05) is 50.4 Å². The Labute approximate surface area is 125 Å². The molecular weight excluding hydrogens is 270 g/mol. The summed E-state index contributed by atoms with van der Waals surface area (Å²) < 4.78 is 0. The van der Waals surface area contributed by atoms with Gasteiger partial charge in [-0.25, -0.2) is 0 Å². The van der Waals surface area contributed by atoms with E-state index in [-0.39, 0.29) is 5.91 Å². The zero-order chi connectivity index (χ0) is 14.2. The van der Waals surface area contributed by atoms with Crippen LogP contribution in [0.2, 0.25) is 0 Å². The van der Waals surface area contributed by atoms with Crippen LogP contribution in [0, 0.1) is 5.92 Å². The van der Waals surface area contributed by atoms with Crippen molar-refractivity contribution in [1.82, 2.24) is 10.2 Å². The first kappa shape index (κ1) is 15.4. The molecule has 4 nitrogen and oxygen atoms in total. The van der Waals surface area contributed by atoms with E-state index in [4.69, 9.17) is 0 Å². The summed E-state index contributed by atoms with van der Waals surface area (Å²) in [6.45, 7) is 2.19. The summed E-state index contributed by atoms with van der Waals surface area (Å²) in [5.74, 6) is 0.675. The number of hydrogen-bond donors (Lipinski definition) is 1. The zero-order valence-corrected chi connectivity index (χ0v) is 13.2. The van der Waals surface area contributed by atoms with Gasteiger partial charge in [0.05, 0.1) is 0 Å². The molecule has 20 heavy (non-hydrogen) atoms. The molecule has 0 radical (unpaired) electrons. The molecule has 0 spiro atoms. The van der Waals surface area contributed by atoms with E-state index in [1.54, 1.807) is 0 Å². The average Bonchev–Trinajstić information content (AvgIpc) is 2.87. The second-order valence-corrected chi connectivity index (χ2v) is 6.78. The van der Waals surface area contributed by atoms with Gasteiger partial charge in [0.1, 0.15) is 5.01 Å². The number of nitrogens with zero attached hydrogens (tertiary/aromatic N) is 2. The normalized spacial score (nSPS) is 16.2. The highest BCUT2D eigenvalue weighted by atomic mass is 32.1. The maximum atomic E-state index is 12.0. The van der Waals surface area contributed by atoms with Crippen molar-refractivity contribution >= 4 is 22.4 Å². The largest absolute Gasteiger partial charge is 0.301 e. The maximum Gasteiger partial charge on any atom is 0.226 e. The van der Waals surface area contributed by atoms with Crippen LogP contribution in [0.4, 0.5) is 5.13 Å². The topological polar surface area (TPSA) is 54.9 Å². The first-order chi connectivity index (χ1) is 9.78. The molecule has 5 heteroatoms. The van der Waals surface area contributed by atoms with Crippen molar-refractivity contribution in [2.75, 3.05) is 5.32 Å². The second-order valence-electron chi connectivity index (χ2n) is 5.71. The van der Waals surface area contributed by atoms with Gasteiger partial charge in [0.2, 0.25) is 11.0 Å². The summed E-state index contributed by atoms with van der Waals surface area (Å²) in [5, 5.41) is 12.8. The second kappa shape index (κ2) is 8.35. The summed E-state index contributed by atoms with van der Waals surface area (Å²) in [5.41, 5.74) is 0. The molecule has 0 aromatic carbocycles. The molecule has 1 aliphatic rings. The Kier molecular flexibility index (Phi) is 6.43. The molecule has 0 saturated heterocycles. The van der Waals surface area contributed by atoms with Crippen LogP contribution in [0.1, 0.15) is 69.7 Å². The molecule has 1 aromatic heterocycles. The van der Waals surface area contributed by atoms with Crippen LogP contribution in [-0.4, -0.2) is 16.1 Å². The van der Waals surface area contributed by atoms with E-state index < -0.39 is 0 Å². The molecule has 1 heterocycles. The number of hydrogen-bond acceptors (Lipinski definition) is 4. The van der Waals surface area contributed by atoms with Gasteiger partial charge in [0.25, 0.3) is 0 Å². The summed E-state index contributed by atoms with van der Waals surface area (Å²) in [7, 11) is 0. The Balaban J connectivity index is 1.73. The molecule has 1 N–H and O–H groups in total. The Morgan fingerprint density at radius 2 is 2.05 bits per heavy atom. The van der Waals surface area contributed by atoms with Crippen LogP contribution in [0.5, 0.6) is 0 Å². The predicted molar refractivity (Wildman–Crippen MR) is 83.0 cm³/mol. The molecule has 1 saturated carbocycles. The van der Waals surface area contributed by atoms with Crippen LogP contribution < -0.4 is 5.32 Å². The zero-order valence-electron chi connectivity index (χ0n) is 12.4. The van der Waals surface area contributed by atoms with E-state index in [1.807, 2.05) is 0 Å². The molecule has 0 bridgehead atoms. The van der Waals surface area contributed by atoms with E-state index in [1.165, 1.54) is 56.3 Å². The highest BCUT2D eigenvalue weighted by Gasteiger charge is 2.17. The van der Waals surface area contributed by atoms with Gasteiger partial charge >= 0.3 is 0 Å². The van der Waals surface area contributed by atoms with Crippen molar-refractivity contribution in [3.8, 4) is 0 Å². The van der Waals surface area contributed by atoms with Gasteiger partial charge in [0, 0.05) is 12.8 Å². The quantitative estimate of drug-likeness (QED) is 0.768. The van der Waals surface area contributed by atoms with Crippen molar-refractivity contribution in [2.45, 2.75) is 71.1 Å². The number of rotatable bonds is 7. The number of unbranched alkanes of at least 4 members (excludes halogenated alkanes) is 2. The predicted octanol–water partition coefficient (Wildman–Crippen LogP) is 4.18. The Hall–Kier alpha value is -0.970. The highest BCUT2D eigenvalue weighted by Crippen LogP contribution is 2.27. The van der Waals surface area contributed by atoms with Gasteiger partial charge in [-0.2, -0.15) is 0 Å². The summed E-state index contributed by atoms with van der Waals surface area (Å²) in [6, 6.07) is 0. The fourth-order valence-corrected chi connectivity index (χ4v) is 3.55. The van der Waals surface area contributed by atoms with E-state index in [9.17, 15) is 4.79 Å². The average molecular weight is 295 g/mol. The van der Waals surface area contributed by atoms with E-state index in [0.717, 1.165) is 17.8 Å². The number of aryl methyl sites for hydroxylation is 1. The lowest BCUT2D eigenvalue weighted by Crippen LogP contribution is -2.18. The summed E-state index contributed by atoms with van der Waals surface area (Å²) >= 11 is 1.52. The van der Waals surface area contributed by atoms with Gasteiger partial charge in [0.15, 0.2) is 0 Å². The minimum absolute atomic E-state index is 0.105. The number of amides is 1. The smallest absolute Gasteiger partial charge is 0.226 e. The minimum atomic E-state index is 0.105. The first-order valence-electron chi connectivity index (χ1n) is 7.90.